The smallest absolute Gasteiger partial charge is 0.487 e. The summed E-state index contributed by atoms with van der Waals surface area (Å²) in [6.45, 7) is 8.03. The van der Waals surface area contributed by atoms with Crippen LogP contribution in [-0.2, 0) is 14.0 Å². The van der Waals surface area contributed by atoms with E-state index in [2.05, 4.69) is 0 Å². The third-order valence-electron chi connectivity index (χ3n) is 4.36. The lowest BCUT2D eigenvalue weighted by atomic mass is 9.89. The van der Waals surface area contributed by atoms with Crippen molar-refractivity contribution in [2.24, 2.45) is 0 Å². The number of benzene rings is 1. The Kier molecular flexibility index (Phi) is 4.87. The zero-order valence-corrected chi connectivity index (χ0v) is 14.5. The molecule has 0 N–H and O–H groups in total. The predicted octanol–water partition coefficient (Wildman–Crippen LogP) is 3.13. The zero-order chi connectivity index (χ0) is 17.3. The first-order chi connectivity index (χ1) is 10.7. The first kappa shape index (κ1) is 17.6. The summed E-state index contributed by atoms with van der Waals surface area (Å²) in [7, 11) is 2.48. The number of hydrogen-bond donors (Lipinski definition) is 0. The topological polar surface area (TPSA) is 54.0 Å². The fourth-order valence-electron chi connectivity index (χ4n) is 2.24. The summed E-state index contributed by atoms with van der Waals surface area (Å²) in [6, 6.07) is 5.14. The first-order valence-corrected chi connectivity index (χ1v) is 7.50. The molecule has 0 aliphatic carbocycles. The van der Waals surface area contributed by atoms with Gasteiger partial charge in [-0.15, -0.1) is 0 Å². The normalized spacial score (nSPS) is 19.1. The van der Waals surface area contributed by atoms with Gasteiger partial charge in [0.05, 0.1) is 31.0 Å². The first-order valence-electron chi connectivity index (χ1n) is 7.50. The third kappa shape index (κ3) is 3.59. The summed E-state index contributed by atoms with van der Waals surface area (Å²) in [5.74, 6) is 2.03. The van der Waals surface area contributed by atoms with Gasteiger partial charge < -0.3 is 18.8 Å². The quantitative estimate of drug-likeness (QED) is 0.630. The number of esters is 1. The predicted molar refractivity (Wildman–Crippen MR) is 89.4 cm³/mol. The summed E-state index contributed by atoms with van der Waals surface area (Å²) in [5, 5.41) is 0. The van der Waals surface area contributed by atoms with E-state index < -0.39 is 13.1 Å². The van der Waals surface area contributed by atoms with E-state index in [1.54, 1.807) is 25.3 Å². The van der Waals surface area contributed by atoms with Gasteiger partial charge in [-0.3, -0.25) is 0 Å². The molecule has 1 saturated heterocycles. The van der Waals surface area contributed by atoms with E-state index in [1.807, 2.05) is 39.7 Å². The minimum absolute atomic E-state index is 0.374. The van der Waals surface area contributed by atoms with Crippen LogP contribution in [0.5, 0.6) is 5.75 Å². The lowest BCUT2D eigenvalue weighted by Gasteiger charge is -2.32. The molecule has 5 nitrogen and oxygen atoms in total. The van der Waals surface area contributed by atoms with Gasteiger partial charge in [0, 0.05) is 5.56 Å². The Bertz CT molecular complexity index is 605. The van der Waals surface area contributed by atoms with Crippen molar-refractivity contribution in [3.63, 3.8) is 0 Å². The average molecular weight is 318 g/mol. The SMILES string of the molecule is COC(=O)c1ccc(C=CB2OC(C)(C)C(C)(C)O2)c(OC)c1. The van der Waals surface area contributed by atoms with E-state index in [4.69, 9.17) is 18.8 Å². The second-order valence-electron chi connectivity index (χ2n) is 6.43. The lowest BCUT2D eigenvalue weighted by molar-refractivity contribution is 0.00578. The number of hydrogen-bond acceptors (Lipinski definition) is 5. The maximum absolute atomic E-state index is 11.6. The minimum atomic E-state index is -0.426. The molecule has 1 aliphatic heterocycles. The Labute approximate surface area is 137 Å². The van der Waals surface area contributed by atoms with Crippen LogP contribution in [0.4, 0.5) is 0 Å². The average Bonchev–Trinajstić information content (AvgIpc) is 2.71. The molecule has 1 aliphatic rings. The van der Waals surface area contributed by atoms with Crippen LogP contribution in [0.15, 0.2) is 24.2 Å². The van der Waals surface area contributed by atoms with Gasteiger partial charge in [-0.2, -0.15) is 0 Å². The Morgan fingerprint density at radius 3 is 2.26 bits per heavy atom. The van der Waals surface area contributed by atoms with Gasteiger partial charge in [0.25, 0.3) is 0 Å². The Balaban J connectivity index is 2.19. The van der Waals surface area contributed by atoms with E-state index in [9.17, 15) is 4.79 Å². The van der Waals surface area contributed by atoms with Gasteiger partial charge in [-0.1, -0.05) is 18.1 Å². The second-order valence-corrected chi connectivity index (χ2v) is 6.43. The Morgan fingerprint density at radius 1 is 1.13 bits per heavy atom. The van der Waals surface area contributed by atoms with Crippen LogP contribution in [-0.4, -0.2) is 38.5 Å². The third-order valence-corrected chi connectivity index (χ3v) is 4.36. The van der Waals surface area contributed by atoms with Crippen LogP contribution in [0.25, 0.3) is 6.08 Å². The van der Waals surface area contributed by atoms with Crippen LogP contribution in [0.2, 0.25) is 0 Å². The summed E-state index contributed by atoms with van der Waals surface area (Å²) in [5.41, 5.74) is 0.522. The molecule has 0 spiro atoms. The molecule has 1 aromatic rings. The van der Waals surface area contributed by atoms with E-state index in [0.717, 1.165) is 5.56 Å². The number of rotatable bonds is 4. The van der Waals surface area contributed by atoms with E-state index in [0.29, 0.717) is 11.3 Å². The van der Waals surface area contributed by atoms with Crippen LogP contribution < -0.4 is 4.74 Å². The highest BCUT2D eigenvalue weighted by atomic mass is 16.7. The molecule has 124 valence electrons. The van der Waals surface area contributed by atoms with Gasteiger partial charge in [0.2, 0.25) is 0 Å². The molecule has 1 fully saturated rings. The molecule has 0 bridgehead atoms. The van der Waals surface area contributed by atoms with Crippen molar-refractivity contribution in [1.82, 2.24) is 0 Å². The summed E-state index contributed by atoms with van der Waals surface area (Å²) < 4.78 is 21.9. The van der Waals surface area contributed by atoms with Crippen molar-refractivity contribution < 1.29 is 23.6 Å². The van der Waals surface area contributed by atoms with Crippen LogP contribution in [0.1, 0.15) is 43.6 Å². The summed E-state index contributed by atoms with van der Waals surface area (Å²) in [6.07, 6.45) is 1.86. The largest absolute Gasteiger partial charge is 0.496 e. The monoisotopic (exact) mass is 318 g/mol. The lowest BCUT2D eigenvalue weighted by Crippen LogP contribution is -2.41. The molecule has 0 atom stereocenters. The van der Waals surface area contributed by atoms with Crippen molar-refractivity contribution in [2.45, 2.75) is 38.9 Å². The standard InChI is InChI=1S/C17H23BO5/c1-16(2)17(3,4)23-18(22-16)10-9-12-7-8-13(15(19)21-6)11-14(12)20-5/h7-11H,1-6H3. The second kappa shape index (κ2) is 6.38. The van der Waals surface area contributed by atoms with E-state index in [-0.39, 0.29) is 11.2 Å². The van der Waals surface area contributed by atoms with Crippen molar-refractivity contribution in [3.8, 4) is 5.75 Å². The van der Waals surface area contributed by atoms with Gasteiger partial charge in [0.1, 0.15) is 5.75 Å². The fraction of sp³-hybridized carbons (Fsp3) is 0.471. The highest BCUT2D eigenvalue weighted by molar-refractivity contribution is 6.52. The van der Waals surface area contributed by atoms with Crippen molar-refractivity contribution in [3.05, 3.63) is 35.3 Å². The van der Waals surface area contributed by atoms with Crippen molar-refractivity contribution >= 4 is 19.2 Å². The van der Waals surface area contributed by atoms with Crippen LogP contribution in [0, 0.1) is 0 Å². The molecule has 0 amide bonds. The van der Waals surface area contributed by atoms with Gasteiger partial charge in [-0.05, 0) is 39.8 Å². The molecule has 0 radical (unpaired) electrons. The minimum Gasteiger partial charge on any atom is -0.496 e. The van der Waals surface area contributed by atoms with E-state index in [1.165, 1.54) is 7.11 Å². The summed E-state index contributed by atoms with van der Waals surface area (Å²) in [4.78, 5) is 11.6. The summed E-state index contributed by atoms with van der Waals surface area (Å²) >= 11 is 0. The molecule has 6 heteroatoms. The fourth-order valence-corrected chi connectivity index (χ4v) is 2.24. The van der Waals surface area contributed by atoms with Crippen LogP contribution >= 0.6 is 0 Å². The highest BCUT2D eigenvalue weighted by Gasteiger charge is 2.50. The zero-order valence-electron chi connectivity index (χ0n) is 14.5. The number of carbonyl (C=O) groups excluding carboxylic acids is 1. The molecule has 0 unspecified atom stereocenters. The van der Waals surface area contributed by atoms with Gasteiger partial charge >= 0.3 is 13.1 Å². The molecule has 23 heavy (non-hydrogen) atoms. The van der Waals surface area contributed by atoms with Crippen molar-refractivity contribution in [2.75, 3.05) is 14.2 Å². The highest BCUT2D eigenvalue weighted by Crippen LogP contribution is 2.37. The molecular weight excluding hydrogens is 295 g/mol. The van der Waals surface area contributed by atoms with Crippen LogP contribution in [0.3, 0.4) is 0 Å². The maximum atomic E-state index is 11.6. The maximum Gasteiger partial charge on any atom is 0.487 e. The van der Waals surface area contributed by atoms with Crippen molar-refractivity contribution in [1.29, 1.82) is 0 Å². The molecule has 1 aromatic carbocycles. The van der Waals surface area contributed by atoms with E-state index >= 15 is 0 Å². The molecule has 2 rings (SSSR count). The molecular formula is C17H23BO5. The number of carbonyl (C=O) groups is 1. The Hall–Kier alpha value is -1.79. The van der Waals surface area contributed by atoms with Gasteiger partial charge in [0.15, 0.2) is 0 Å². The Morgan fingerprint density at radius 2 is 1.74 bits per heavy atom. The van der Waals surface area contributed by atoms with Gasteiger partial charge in [-0.25, -0.2) is 4.79 Å². The number of methoxy groups -OCH3 is 2. The number of ether oxygens (including phenoxy) is 2. The molecule has 1 heterocycles. The molecule has 0 aromatic heterocycles. The molecule has 0 saturated carbocycles.